The molecule has 0 amide bonds. The van der Waals surface area contributed by atoms with E-state index in [2.05, 4.69) is 10.1 Å². The molecule has 5 heteroatoms. The van der Waals surface area contributed by atoms with Crippen LogP contribution in [0.25, 0.3) is 5.69 Å². The van der Waals surface area contributed by atoms with Crippen LogP contribution in [0.3, 0.4) is 0 Å². The molecule has 0 radical (unpaired) electrons. The molecule has 3 rings (SSSR count). The number of hydrogen-bond acceptors (Lipinski definition) is 3. The number of aliphatic hydroxyl groups excluding tert-OH is 1. The first-order valence-corrected chi connectivity index (χ1v) is 5.97. The lowest BCUT2D eigenvalue weighted by Crippen LogP contribution is -1.97. The maximum Gasteiger partial charge on any atom is 0.138 e. The lowest BCUT2D eigenvalue weighted by molar-refractivity contribution is 0.280. The number of aromatic nitrogens is 3. The van der Waals surface area contributed by atoms with Gasteiger partial charge in [-0.1, -0.05) is 11.6 Å². The standard InChI is InChI=1S/C12H12ClN3O/c13-12-10(7-17)11(8-3-4-8)15-16(12)9-2-1-5-14-6-9/h1-2,5-6,8,17H,3-4,7H2. The van der Waals surface area contributed by atoms with Crippen molar-refractivity contribution < 1.29 is 5.11 Å². The number of hydrogen-bond donors (Lipinski definition) is 1. The molecule has 1 aliphatic rings. The van der Waals surface area contributed by atoms with Crippen LogP contribution in [0.5, 0.6) is 0 Å². The first kappa shape index (κ1) is 10.7. The topological polar surface area (TPSA) is 50.9 Å². The molecule has 1 saturated carbocycles. The van der Waals surface area contributed by atoms with Gasteiger partial charge in [0.05, 0.1) is 24.2 Å². The molecule has 2 aromatic rings. The van der Waals surface area contributed by atoms with Crippen molar-refractivity contribution in [3.63, 3.8) is 0 Å². The molecule has 17 heavy (non-hydrogen) atoms. The summed E-state index contributed by atoms with van der Waals surface area (Å²) in [5.41, 5.74) is 2.50. The van der Waals surface area contributed by atoms with Gasteiger partial charge in [-0.2, -0.15) is 5.10 Å². The Bertz CT molecular complexity index is 534. The first-order chi connectivity index (χ1) is 8.31. The maximum atomic E-state index is 9.38. The summed E-state index contributed by atoms with van der Waals surface area (Å²) >= 11 is 6.25. The summed E-state index contributed by atoms with van der Waals surface area (Å²) in [7, 11) is 0. The van der Waals surface area contributed by atoms with Gasteiger partial charge in [-0.15, -0.1) is 0 Å². The summed E-state index contributed by atoms with van der Waals surface area (Å²) in [4.78, 5) is 4.05. The van der Waals surface area contributed by atoms with Gasteiger partial charge in [0.15, 0.2) is 0 Å². The largest absolute Gasteiger partial charge is 0.391 e. The highest BCUT2D eigenvalue weighted by atomic mass is 35.5. The molecule has 0 spiro atoms. The van der Waals surface area contributed by atoms with E-state index >= 15 is 0 Å². The minimum Gasteiger partial charge on any atom is -0.391 e. The molecule has 0 unspecified atom stereocenters. The third kappa shape index (κ3) is 1.83. The summed E-state index contributed by atoms with van der Waals surface area (Å²) in [6.45, 7) is -0.0646. The summed E-state index contributed by atoms with van der Waals surface area (Å²) in [6, 6.07) is 3.73. The SMILES string of the molecule is OCc1c(C2CC2)nn(-c2cccnc2)c1Cl. The number of aliphatic hydroxyl groups is 1. The van der Waals surface area contributed by atoms with E-state index < -0.39 is 0 Å². The predicted molar refractivity (Wildman–Crippen MR) is 64.3 cm³/mol. The van der Waals surface area contributed by atoms with Crippen LogP contribution in [0.1, 0.15) is 30.0 Å². The van der Waals surface area contributed by atoms with Crippen LogP contribution < -0.4 is 0 Å². The van der Waals surface area contributed by atoms with Crippen LogP contribution in [0.2, 0.25) is 5.15 Å². The summed E-state index contributed by atoms with van der Waals surface area (Å²) in [6.07, 6.45) is 5.67. The van der Waals surface area contributed by atoms with Crippen LogP contribution in [0.15, 0.2) is 24.5 Å². The van der Waals surface area contributed by atoms with Gasteiger partial charge < -0.3 is 5.11 Å². The Morgan fingerprint density at radius 3 is 2.88 bits per heavy atom. The van der Waals surface area contributed by atoms with E-state index in [0.717, 1.165) is 29.8 Å². The molecule has 88 valence electrons. The second kappa shape index (κ2) is 4.13. The van der Waals surface area contributed by atoms with Gasteiger partial charge in [0.25, 0.3) is 0 Å². The van der Waals surface area contributed by atoms with E-state index in [1.807, 2.05) is 12.1 Å². The van der Waals surface area contributed by atoms with Gasteiger partial charge in [-0.25, -0.2) is 4.68 Å². The zero-order valence-corrected chi connectivity index (χ0v) is 9.93. The Balaban J connectivity index is 2.11. The monoisotopic (exact) mass is 249 g/mol. The van der Waals surface area contributed by atoms with Crippen LogP contribution in [-0.2, 0) is 6.61 Å². The van der Waals surface area contributed by atoms with Crippen molar-refractivity contribution in [2.75, 3.05) is 0 Å². The van der Waals surface area contributed by atoms with Crippen LogP contribution in [-0.4, -0.2) is 19.9 Å². The second-order valence-corrected chi connectivity index (χ2v) is 4.57. The fourth-order valence-electron chi connectivity index (χ4n) is 1.93. The molecule has 0 aromatic carbocycles. The molecule has 0 atom stereocenters. The second-order valence-electron chi connectivity index (χ2n) is 4.21. The Labute approximate surface area is 104 Å². The van der Waals surface area contributed by atoms with E-state index in [-0.39, 0.29) is 6.61 Å². The number of halogens is 1. The Kier molecular flexibility index (Phi) is 2.61. The number of rotatable bonds is 3. The van der Waals surface area contributed by atoms with E-state index in [0.29, 0.717) is 11.1 Å². The molecule has 1 fully saturated rings. The molecule has 2 heterocycles. The fraction of sp³-hybridized carbons (Fsp3) is 0.333. The van der Waals surface area contributed by atoms with Crippen molar-refractivity contribution in [2.24, 2.45) is 0 Å². The summed E-state index contributed by atoms with van der Waals surface area (Å²) in [5, 5.41) is 14.4. The lowest BCUT2D eigenvalue weighted by atomic mass is 10.2. The van der Waals surface area contributed by atoms with E-state index in [4.69, 9.17) is 11.6 Å². The van der Waals surface area contributed by atoms with Gasteiger partial charge in [0.2, 0.25) is 0 Å². The molecule has 0 bridgehead atoms. The first-order valence-electron chi connectivity index (χ1n) is 5.60. The third-order valence-electron chi connectivity index (χ3n) is 2.96. The smallest absolute Gasteiger partial charge is 0.138 e. The van der Waals surface area contributed by atoms with Gasteiger partial charge in [0.1, 0.15) is 5.15 Å². The molecule has 1 N–H and O–H groups in total. The van der Waals surface area contributed by atoms with Gasteiger partial charge in [-0.3, -0.25) is 4.98 Å². The highest BCUT2D eigenvalue weighted by Gasteiger charge is 2.31. The van der Waals surface area contributed by atoms with Crippen molar-refractivity contribution in [1.29, 1.82) is 0 Å². The van der Waals surface area contributed by atoms with Crippen molar-refractivity contribution in [2.45, 2.75) is 25.4 Å². The Morgan fingerprint density at radius 1 is 1.47 bits per heavy atom. The lowest BCUT2D eigenvalue weighted by Gasteiger charge is -2.01. The molecular weight excluding hydrogens is 238 g/mol. The Morgan fingerprint density at radius 2 is 2.29 bits per heavy atom. The predicted octanol–water partition coefficient (Wildman–Crippen LogP) is 2.29. The van der Waals surface area contributed by atoms with E-state index in [1.165, 1.54) is 0 Å². The number of pyridine rings is 1. The highest BCUT2D eigenvalue weighted by Crippen LogP contribution is 2.42. The zero-order chi connectivity index (χ0) is 11.8. The van der Waals surface area contributed by atoms with Crippen LogP contribution >= 0.6 is 11.6 Å². The third-order valence-corrected chi connectivity index (χ3v) is 3.35. The van der Waals surface area contributed by atoms with Crippen molar-refractivity contribution in [3.05, 3.63) is 40.9 Å². The molecule has 0 aliphatic heterocycles. The van der Waals surface area contributed by atoms with Gasteiger partial charge in [0, 0.05) is 17.7 Å². The average Bonchev–Trinajstić information content (AvgIpc) is 3.15. The van der Waals surface area contributed by atoms with Crippen LogP contribution in [0, 0.1) is 0 Å². The zero-order valence-electron chi connectivity index (χ0n) is 9.17. The molecule has 2 aromatic heterocycles. The van der Waals surface area contributed by atoms with Crippen molar-refractivity contribution in [3.8, 4) is 5.69 Å². The highest BCUT2D eigenvalue weighted by molar-refractivity contribution is 6.30. The van der Waals surface area contributed by atoms with E-state index in [9.17, 15) is 5.11 Å². The maximum absolute atomic E-state index is 9.38. The van der Waals surface area contributed by atoms with Gasteiger partial charge >= 0.3 is 0 Å². The molecular formula is C12H12ClN3O. The van der Waals surface area contributed by atoms with Crippen molar-refractivity contribution >= 4 is 11.6 Å². The minimum atomic E-state index is -0.0646. The summed E-state index contributed by atoms with van der Waals surface area (Å²) < 4.78 is 1.65. The molecule has 4 nitrogen and oxygen atoms in total. The van der Waals surface area contributed by atoms with Crippen molar-refractivity contribution in [1.82, 2.24) is 14.8 Å². The molecule has 0 saturated heterocycles. The minimum absolute atomic E-state index is 0.0646. The quantitative estimate of drug-likeness (QED) is 0.908. The number of nitrogens with zero attached hydrogens (tertiary/aromatic N) is 3. The van der Waals surface area contributed by atoms with Crippen LogP contribution in [0.4, 0.5) is 0 Å². The summed E-state index contributed by atoms with van der Waals surface area (Å²) in [5.74, 6) is 0.465. The molecule has 1 aliphatic carbocycles. The fourth-order valence-corrected chi connectivity index (χ4v) is 2.22. The van der Waals surface area contributed by atoms with E-state index in [1.54, 1.807) is 17.1 Å². The average molecular weight is 250 g/mol. The normalized spacial score (nSPS) is 15.2. The Hall–Kier alpha value is -1.39. The van der Waals surface area contributed by atoms with Gasteiger partial charge in [-0.05, 0) is 25.0 Å².